The van der Waals surface area contributed by atoms with Gasteiger partial charge in [-0.3, -0.25) is 0 Å². The van der Waals surface area contributed by atoms with E-state index in [0.717, 1.165) is 5.01 Å². The van der Waals surface area contributed by atoms with E-state index >= 15 is 0 Å². The summed E-state index contributed by atoms with van der Waals surface area (Å²) in [4.78, 5) is 8.37. The van der Waals surface area contributed by atoms with Gasteiger partial charge in [0.15, 0.2) is 0 Å². The molecule has 0 unspecified atom stereocenters. The van der Waals surface area contributed by atoms with Crippen LogP contribution in [-0.2, 0) is 6.54 Å². The van der Waals surface area contributed by atoms with Gasteiger partial charge in [0, 0.05) is 11.6 Å². The van der Waals surface area contributed by atoms with Gasteiger partial charge < -0.3 is 10.3 Å². The molecule has 0 fully saturated rings. The lowest BCUT2D eigenvalue weighted by Crippen LogP contribution is -2.04. The predicted molar refractivity (Wildman–Crippen MR) is 65.3 cm³/mol. The van der Waals surface area contributed by atoms with E-state index in [1.165, 1.54) is 23.5 Å². The third-order valence-electron chi connectivity index (χ3n) is 2.52. The zero-order valence-corrected chi connectivity index (χ0v) is 9.62. The summed E-state index contributed by atoms with van der Waals surface area (Å²) in [6, 6.07) is 4.44. The third kappa shape index (κ3) is 1.76. The maximum Gasteiger partial charge on any atom is 0.201 e. The van der Waals surface area contributed by atoms with E-state index in [1.54, 1.807) is 16.8 Å². The number of halogens is 1. The second-order valence-electron chi connectivity index (χ2n) is 3.62. The van der Waals surface area contributed by atoms with E-state index in [-0.39, 0.29) is 5.82 Å². The summed E-state index contributed by atoms with van der Waals surface area (Å²) in [7, 11) is 0. The number of nitrogen functional groups attached to an aromatic ring is 1. The maximum atomic E-state index is 13.2. The van der Waals surface area contributed by atoms with Gasteiger partial charge in [0.2, 0.25) is 5.95 Å². The molecule has 0 atom stereocenters. The molecule has 3 aromatic rings. The predicted octanol–water partition coefficient (Wildman–Crippen LogP) is 2.26. The topological polar surface area (TPSA) is 56.7 Å². The van der Waals surface area contributed by atoms with Crippen molar-refractivity contribution in [2.75, 3.05) is 5.73 Å². The number of aromatic nitrogens is 3. The first kappa shape index (κ1) is 10.2. The highest BCUT2D eigenvalue weighted by atomic mass is 32.1. The molecular weight excluding hydrogens is 239 g/mol. The molecule has 4 nitrogen and oxygen atoms in total. The Morgan fingerprint density at radius 3 is 3.06 bits per heavy atom. The van der Waals surface area contributed by atoms with Crippen molar-refractivity contribution >= 4 is 28.3 Å². The van der Waals surface area contributed by atoms with Crippen LogP contribution < -0.4 is 5.73 Å². The number of imidazole rings is 1. The number of hydrogen-bond donors (Lipinski definition) is 1. The lowest BCUT2D eigenvalue weighted by molar-refractivity contribution is 0.628. The summed E-state index contributed by atoms with van der Waals surface area (Å²) in [6.45, 7) is 0.517. The molecule has 17 heavy (non-hydrogen) atoms. The highest BCUT2D eigenvalue weighted by molar-refractivity contribution is 7.09. The minimum atomic E-state index is -0.294. The van der Waals surface area contributed by atoms with Crippen LogP contribution >= 0.6 is 11.3 Å². The lowest BCUT2D eigenvalue weighted by atomic mass is 10.3. The van der Waals surface area contributed by atoms with Crippen molar-refractivity contribution in [3.05, 3.63) is 40.6 Å². The zero-order valence-electron chi connectivity index (χ0n) is 8.80. The number of hydrogen-bond acceptors (Lipinski definition) is 4. The minimum absolute atomic E-state index is 0.294. The van der Waals surface area contributed by atoms with Crippen molar-refractivity contribution in [3.8, 4) is 0 Å². The van der Waals surface area contributed by atoms with Crippen LogP contribution in [0.3, 0.4) is 0 Å². The second kappa shape index (κ2) is 3.81. The maximum absolute atomic E-state index is 13.2. The largest absolute Gasteiger partial charge is 0.369 e. The SMILES string of the molecule is Nc1nc2ccc(F)cc2n1Cc1nccs1. The fraction of sp³-hybridized carbons (Fsp3) is 0.0909. The zero-order chi connectivity index (χ0) is 11.8. The molecule has 0 amide bonds. The van der Waals surface area contributed by atoms with E-state index in [9.17, 15) is 4.39 Å². The molecule has 6 heteroatoms. The Bertz CT molecular complexity index is 659. The molecule has 0 spiro atoms. The number of nitrogens with zero attached hydrogens (tertiary/aromatic N) is 3. The first-order chi connectivity index (χ1) is 8.24. The molecular formula is C11H9FN4S. The smallest absolute Gasteiger partial charge is 0.201 e. The molecule has 0 bridgehead atoms. The quantitative estimate of drug-likeness (QED) is 0.756. The number of nitrogens with two attached hydrogens (primary N) is 1. The van der Waals surface area contributed by atoms with E-state index in [0.29, 0.717) is 23.5 Å². The summed E-state index contributed by atoms with van der Waals surface area (Å²) in [6.07, 6.45) is 1.73. The van der Waals surface area contributed by atoms with Gasteiger partial charge in [-0.15, -0.1) is 11.3 Å². The van der Waals surface area contributed by atoms with Crippen LogP contribution in [0.5, 0.6) is 0 Å². The lowest BCUT2D eigenvalue weighted by Gasteiger charge is -2.03. The van der Waals surface area contributed by atoms with Crippen LogP contribution in [0.15, 0.2) is 29.8 Å². The number of thiazole rings is 1. The molecule has 0 aliphatic carbocycles. The number of benzene rings is 1. The van der Waals surface area contributed by atoms with Crippen molar-refractivity contribution in [2.24, 2.45) is 0 Å². The van der Waals surface area contributed by atoms with Gasteiger partial charge in [0.25, 0.3) is 0 Å². The summed E-state index contributed by atoms with van der Waals surface area (Å²) in [5.74, 6) is 0.0820. The van der Waals surface area contributed by atoms with Crippen molar-refractivity contribution < 1.29 is 4.39 Å². The molecule has 0 saturated heterocycles. The molecule has 2 aromatic heterocycles. The fourth-order valence-electron chi connectivity index (χ4n) is 1.75. The average molecular weight is 248 g/mol. The van der Waals surface area contributed by atoms with Gasteiger partial charge in [0.1, 0.15) is 10.8 Å². The molecule has 0 radical (unpaired) electrons. The summed E-state index contributed by atoms with van der Waals surface area (Å²) < 4.78 is 15.0. The first-order valence-electron chi connectivity index (χ1n) is 5.03. The van der Waals surface area contributed by atoms with Crippen molar-refractivity contribution in [1.82, 2.24) is 14.5 Å². The molecule has 2 N–H and O–H groups in total. The van der Waals surface area contributed by atoms with Crippen LogP contribution in [0, 0.1) is 5.82 Å². The van der Waals surface area contributed by atoms with E-state index < -0.39 is 0 Å². The standard InChI is InChI=1S/C11H9FN4S/c12-7-1-2-8-9(5-7)16(11(13)15-8)6-10-14-3-4-17-10/h1-5H,6H2,(H2,13,15). The average Bonchev–Trinajstić information content (AvgIpc) is 2.90. The van der Waals surface area contributed by atoms with Crippen LogP contribution in [-0.4, -0.2) is 14.5 Å². The van der Waals surface area contributed by atoms with Crippen LogP contribution in [0.2, 0.25) is 0 Å². The van der Waals surface area contributed by atoms with Gasteiger partial charge in [0.05, 0.1) is 17.6 Å². The summed E-state index contributed by atoms with van der Waals surface area (Å²) in [5.41, 5.74) is 7.21. The minimum Gasteiger partial charge on any atom is -0.369 e. The van der Waals surface area contributed by atoms with E-state index in [1.807, 2.05) is 5.38 Å². The third-order valence-corrected chi connectivity index (χ3v) is 3.28. The van der Waals surface area contributed by atoms with Gasteiger partial charge in [-0.1, -0.05) is 0 Å². The van der Waals surface area contributed by atoms with Gasteiger partial charge in [-0.2, -0.15) is 0 Å². The highest BCUT2D eigenvalue weighted by Gasteiger charge is 2.10. The van der Waals surface area contributed by atoms with E-state index in [2.05, 4.69) is 9.97 Å². The Labute approximate surface area is 101 Å². The highest BCUT2D eigenvalue weighted by Crippen LogP contribution is 2.20. The van der Waals surface area contributed by atoms with Gasteiger partial charge >= 0.3 is 0 Å². The Hall–Kier alpha value is -1.95. The Morgan fingerprint density at radius 1 is 1.41 bits per heavy atom. The molecule has 0 aliphatic heterocycles. The summed E-state index contributed by atoms with van der Waals surface area (Å²) >= 11 is 1.53. The van der Waals surface area contributed by atoms with Crippen molar-refractivity contribution in [2.45, 2.75) is 6.54 Å². The van der Waals surface area contributed by atoms with Crippen LogP contribution in [0.1, 0.15) is 5.01 Å². The van der Waals surface area contributed by atoms with Gasteiger partial charge in [-0.05, 0) is 18.2 Å². The Morgan fingerprint density at radius 2 is 2.29 bits per heavy atom. The molecule has 1 aromatic carbocycles. The Kier molecular flexibility index (Phi) is 2.29. The number of rotatable bonds is 2. The normalized spacial score (nSPS) is 11.1. The molecule has 2 heterocycles. The van der Waals surface area contributed by atoms with Crippen molar-refractivity contribution in [3.63, 3.8) is 0 Å². The second-order valence-corrected chi connectivity index (χ2v) is 4.59. The van der Waals surface area contributed by atoms with E-state index in [4.69, 9.17) is 5.73 Å². The number of fused-ring (bicyclic) bond motifs is 1. The summed E-state index contributed by atoms with van der Waals surface area (Å²) in [5, 5.41) is 2.81. The molecule has 0 saturated carbocycles. The monoisotopic (exact) mass is 248 g/mol. The van der Waals surface area contributed by atoms with Crippen molar-refractivity contribution in [1.29, 1.82) is 0 Å². The molecule has 3 rings (SSSR count). The fourth-order valence-corrected chi connectivity index (χ4v) is 2.35. The molecule has 86 valence electrons. The first-order valence-corrected chi connectivity index (χ1v) is 5.91. The molecule has 0 aliphatic rings. The Balaban J connectivity index is 2.14. The van der Waals surface area contributed by atoms with Gasteiger partial charge in [-0.25, -0.2) is 14.4 Å². The van der Waals surface area contributed by atoms with Crippen LogP contribution in [0.4, 0.5) is 10.3 Å². The van der Waals surface area contributed by atoms with Crippen LogP contribution in [0.25, 0.3) is 11.0 Å². The number of anilines is 1.